The van der Waals surface area contributed by atoms with Crippen molar-refractivity contribution in [2.75, 3.05) is 0 Å². The Morgan fingerprint density at radius 3 is 2.12 bits per heavy atom. The van der Waals surface area contributed by atoms with Crippen LogP contribution in [0.2, 0.25) is 0 Å². The number of rotatable bonds is 8. The molecule has 1 unspecified atom stereocenters. The molecule has 0 rings (SSSR count). The molecule has 0 saturated carbocycles. The highest BCUT2D eigenvalue weighted by molar-refractivity contribution is 5.79. The molecule has 0 heterocycles. The zero-order valence-corrected chi connectivity index (χ0v) is 10.5. The summed E-state index contributed by atoms with van der Waals surface area (Å²) < 4.78 is 0. The van der Waals surface area contributed by atoms with Crippen molar-refractivity contribution in [1.82, 2.24) is 5.32 Å². The SMILES string of the molecule is CCCC(CC(=O)O)NC(=O)C(CC)CC. The van der Waals surface area contributed by atoms with Crippen molar-refractivity contribution in [1.29, 1.82) is 0 Å². The number of amides is 1. The molecule has 0 aliphatic carbocycles. The van der Waals surface area contributed by atoms with Gasteiger partial charge < -0.3 is 10.4 Å². The number of hydrogen-bond donors (Lipinski definition) is 2. The standard InChI is InChI=1S/C12H23NO3/c1-4-7-10(8-11(14)15)13-12(16)9(5-2)6-3/h9-10H,4-8H2,1-3H3,(H,13,16)(H,14,15). The van der Waals surface area contributed by atoms with E-state index in [2.05, 4.69) is 5.32 Å². The fourth-order valence-corrected chi connectivity index (χ4v) is 1.76. The van der Waals surface area contributed by atoms with Crippen LogP contribution in [0, 0.1) is 5.92 Å². The third-order valence-electron chi connectivity index (χ3n) is 2.76. The van der Waals surface area contributed by atoms with E-state index in [1.54, 1.807) is 0 Å². The average molecular weight is 229 g/mol. The van der Waals surface area contributed by atoms with Gasteiger partial charge in [0, 0.05) is 12.0 Å². The summed E-state index contributed by atoms with van der Waals surface area (Å²) in [7, 11) is 0. The van der Waals surface area contributed by atoms with Gasteiger partial charge >= 0.3 is 5.97 Å². The highest BCUT2D eigenvalue weighted by atomic mass is 16.4. The van der Waals surface area contributed by atoms with Crippen LogP contribution < -0.4 is 5.32 Å². The number of nitrogens with one attached hydrogen (secondary N) is 1. The lowest BCUT2D eigenvalue weighted by atomic mass is 10.0. The van der Waals surface area contributed by atoms with Crippen LogP contribution in [0.1, 0.15) is 52.9 Å². The summed E-state index contributed by atoms with van der Waals surface area (Å²) in [6.45, 7) is 5.93. The van der Waals surface area contributed by atoms with E-state index in [4.69, 9.17) is 5.11 Å². The molecule has 0 fully saturated rings. The maximum absolute atomic E-state index is 11.8. The summed E-state index contributed by atoms with van der Waals surface area (Å²) in [6.07, 6.45) is 3.21. The Labute approximate surface area is 97.4 Å². The van der Waals surface area contributed by atoms with Crippen molar-refractivity contribution < 1.29 is 14.7 Å². The van der Waals surface area contributed by atoms with Gasteiger partial charge in [0.1, 0.15) is 0 Å². The van der Waals surface area contributed by atoms with Gasteiger partial charge in [0.05, 0.1) is 6.42 Å². The van der Waals surface area contributed by atoms with Gasteiger partial charge in [-0.05, 0) is 19.3 Å². The predicted octanol–water partition coefficient (Wildman–Crippen LogP) is 2.18. The zero-order chi connectivity index (χ0) is 12.6. The molecule has 0 spiro atoms. The van der Waals surface area contributed by atoms with E-state index in [-0.39, 0.29) is 24.3 Å². The lowest BCUT2D eigenvalue weighted by Crippen LogP contribution is -2.39. The van der Waals surface area contributed by atoms with Gasteiger partial charge in [-0.1, -0.05) is 27.2 Å². The molecule has 4 heteroatoms. The summed E-state index contributed by atoms with van der Waals surface area (Å²) in [5.41, 5.74) is 0. The van der Waals surface area contributed by atoms with E-state index in [9.17, 15) is 9.59 Å². The largest absolute Gasteiger partial charge is 0.481 e. The smallest absolute Gasteiger partial charge is 0.305 e. The van der Waals surface area contributed by atoms with Crippen LogP contribution >= 0.6 is 0 Å². The topological polar surface area (TPSA) is 66.4 Å². The fraction of sp³-hybridized carbons (Fsp3) is 0.833. The number of carbonyl (C=O) groups is 2. The van der Waals surface area contributed by atoms with Gasteiger partial charge in [-0.25, -0.2) is 0 Å². The monoisotopic (exact) mass is 229 g/mol. The molecule has 94 valence electrons. The third-order valence-corrected chi connectivity index (χ3v) is 2.76. The minimum absolute atomic E-state index is 0.00755. The second-order valence-electron chi connectivity index (χ2n) is 4.11. The molecule has 0 aromatic rings. The molecule has 0 saturated heterocycles. The molecule has 2 N–H and O–H groups in total. The summed E-state index contributed by atoms with van der Waals surface area (Å²) in [6, 6.07) is -0.226. The molecule has 4 nitrogen and oxygen atoms in total. The van der Waals surface area contributed by atoms with Crippen molar-refractivity contribution in [3.05, 3.63) is 0 Å². The molecule has 1 atom stereocenters. The van der Waals surface area contributed by atoms with E-state index >= 15 is 0 Å². The van der Waals surface area contributed by atoms with E-state index < -0.39 is 5.97 Å². The quantitative estimate of drug-likeness (QED) is 0.670. The van der Waals surface area contributed by atoms with Crippen molar-refractivity contribution in [2.24, 2.45) is 5.92 Å². The Bertz CT molecular complexity index is 224. The number of carboxylic acid groups (broad SMARTS) is 1. The molecule has 0 aliphatic rings. The fourth-order valence-electron chi connectivity index (χ4n) is 1.76. The maximum atomic E-state index is 11.8. The van der Waals surface area contributed by atoms with Gasteiger partial charge in [-0.2, -0.15) is 0 Å². The second-order valence-corrected chi connectivity index (χ2v) is 4.11. The molecule has 0 bridgehead atoms. The molecule has 0 aromatic heterocycles. The van der Waals surface area contributed by atoms with Crippen LogP contribution in [0.25, 0.3) is 0 Å². The average Bonchev–Trinajstić information content (AvgIpc) is 2.18. The first-order valence-electron chi connectivity index (χ1n) is 6.07. The van der Waals surface area contributed by atoms with Crippen LogP contribution in [0.4, 0.5) is 0 Å². The zero-order valence-electron chi connectivity index (χ0n) is 10.5. The van der Waals surface area contributed by atoms with E-state index in [0.29, 0.717) is 0 Å². The predicted molar refractivity (Wildman–Crippen MR) is 63.2 cm³/mol. The Morgan fingerprint density at radius 2 is 1.75 bits per heavy atom. The van der Waals surface area contributed by atoms with Crippen LogP contribution in [-0.4, -0.2) is 23.0 Å². The normalized spacial score (nSPS) is 12.5. The van der Waals surface area contributed by atoms with E-state index in [0.717, 1.165) is 25.7 Å². The Hall–Kier alpha value is -1.06. The Morgan fingerprint density at radius 1 is 1.19 bits per heavy atom. The third kappa shape index (κ3) is 5.73. The highest BCUT2D eigenvalue weighted by Gasteiger charge is 2.19. The summed E-state index contributed by atoms with van der Waals surface area (Å²) in [5, 5.41) is 11.6. The maximum Gasteiger partial charge on any atom is 0.305 e. The van der Waals surface area contributed by atoms with Crippen LogP contribution in [-0.2, 0) is 9.59 Å². The lowest BCUT2D eigenvalue weighted by Gasteiger charge is -2.19. The first-order chi connectivity index (χ1) is 7.54. The first-order valence-corrected chi connectivity index (χ1v) is 6.07. The molecule has 1 amide bonds. The van der Waals surface area contributed by atoms with Crippen molar-refractivity contribution in [2.45, 2.75) is 58.9 Å². The van der Waals surface area contributed by atoms with E-state index in [1.165, 1.54) is 0 Å². The molecule has 0 aliphatic heterocycles. The van der Waals surface area contributed by atoms with E-state index in [1.807, 2.05) is 20.8 Å². The first kappa shape index (κ1) is 14.9. The number of aliphatic carboxylic acids is 1. The number of carboxylic acids is 1. The van der Waals surface area contributed by atoms with Crippen molar-refractivity contribution in [3.8, 4) is 0 Å². The Kier molecular flexibility index (Phi) is 7.60. The minimum atomic E-state index is -0.858. The number of carbonyl (C=O) groups excluding carboxylic acids is 1. The Balaban J connectivity index is 4.26. The van der Waals surface area contributed by atoms with Crippen LogP contribution in [0.3, 0.4) is 0 Å². The van der Waals surface area contributed by atoms with Gasteiger partial charge in [-0.3, -0.25) is 9.59 Å². The minimum Gasteiger partial charge on any atom is -0.481 e. The van der Waals surface area contributed by atoms with Crippen LogP contribution in [0.15, 0.2) is 0 Å². The summed E-state index contributed by atoms with van der Waals surface area (Å²) >= 11 is 0. The van der Waals surface area contributed by atoms with Gasteiger partial charge in [-0.15, -0.1) is 0 Å². The summed E-state index contributed by atoms with van der Waals surface area (Å²) in [5.74, 6) is -0.860. The molecular weight excluding hydrogens is 206 g/mol. The second kappa shape index (κ2) is 8.13. The molecule has 0 aromatic carbocycles. The molecule has 0 radical (unpaired) electrons. The van der Waals surface area contributed by atoms with Crippen molar-refractivity contribution >= 4 is 11.9 Å². The highest BCUT2D eigenvalue weighted by Crippen LogP contribution is 2.10. The van der Waals surface area contributed by atoms with Gasteiger partial charge in [0.2, 0.25) is 5.91 Å². The van der Waals surface area contributed by atoms with Crippen LogP contribution in [0.5, 0.6) is 0 Å². The summed E-state index contributed by atoms with van der Waals surface area (Å²) in [4.78, 5) is 22.4. The van der Waals surface area contributed by atoms with Crippen molar-refractivity contribution in [3.63, 3.8) is 0 Å². The molecular formula is C12H23NO3. The lowest BCUT2D eigenvalue weighted by molar-refractivity contribution is -0.137. The molecule has 16 heavy (non-hydrogen) atoms. The number of hydrogen-bond acceptors (Lipinski definition) is 2. The van der Waals surface area contributed by atoms with Gasteiger partial charge in [0.25, 0.3) is 0 Å². The van der Waals surface area contributed by atoms with Gasteiger partial charge in [0.15, 0.2) is 0 Å².